The summed E-state index contributed by atoms with van der Waals surface area (Å²) in [6, 6.07) is 20.5. The molecule has 0 amide bonds. The molecule has 0 fully saturated rings. The van der Waals surface area contributed by atoms with Crippen molar-refractivity contribution in [3.63, 3.8) is 0 Å². The first-order chi connectivity index (χ1) is 15.2. The minimum Gasteiger partial charge on any atom is -0.386 e. The van der Waals surface area contributed by atoms with E-state index in [0.29, 0.717) is 19.0 Å². The molecule has 0 bridgehead atoms. The molecule has 7 heteroatoms. The van der Waals surface area contributed by atoms with Crippen LogP contribution in [0.4, 0.5) is 0 Å². The zero-order valence-electron chi connectivity index (χ0n) is 17.5. The van der Waals surface area contributed by atoms with Crippen molar-refractivity contribution in [1.82, 2.24) is 20.2 Å². The average molecular weight is 434 g/mol. The zero-order chi connectivity index (χ0) is 21.5. The van der Waals surface area contributed by atoms with Gasteiger partial charge in [0.25, 0.3) is 0 Å². The van der Waals surface area contributed by atoms with Gasteiger partial charge in [-0.1, -0.05) is 48.5 Å². The molecular weight excluding hydrogens is 406 g/mol. The third-order valence-electron chi connectivity index (χ3n) is 4.96. The predicted octanol–water partition coefficient (Wildman–Crippen LogP) is 3.93. The van der Waals surface area contributed by atoms with E-state index >= 15 is 0 Å². The summed E-state index contributed by atoms with van der Waals surface area (Å²) in [5.74, 6) is 1.56. The molecule has 31 heavy (non-hydrogen) atoms. The maximum absolute atomic E-state index is 10.6. The molecule has 4 aromatic rings. The van der Waals surface area contributed by atoms with Gasteiger partial charge in [-0.3, -0.25) is 0 Å². The van der Waals surface area contributed by atoms with Crippen molar-refractivity contribution in [2.75, 3.05) is 13.1 Å². The van der Waals surface area contributed by atoms with E-state index in [2.05, 4.69) is 55.5 Å². The van der Waals surface area contributed by atoms with E-state index in [0.717, 1.165) is 29.2 Å². The van der Waals surface area contributed by atoms with E-state index in [4.69, 9.17) is 0 Å². The zero-order valence-corrected chi connectivity index (χ0v) is 18.3. The lowest BCUT2D eigenvalue weighted by Crippen LogP contribution is -2.39. The normalized spacial score (nSPS) is 12.8. The summed E-state index contributed by atoms with van der Waals surface area (Å²) < 4.78 is 3.29. The van der Waals surface area contributed by atoms with Gasteiger partial charge in [0.2, 0.25) is 0 Å². The molecule has 6 nitrogen and oxygen atoms in total. The number of aliphatic hydroxyl groups is 1. The largest absolute Gasteiger partial charge is 0.386 e. The molecule has 3 N–H and O–H groups in total. The van der Waals surface area contributed by atoms with Crippen molar-refractivity contribution in [1.29, 1.82) is 0 Å². The van der Waals surface area contributed by atoms with Crippen molar-refractivity contribution in [3.8, 4) is 0 Å². The van der Waals surface area contributed by atoms with Crippen molar-refractivity contribution in [2.45, 2.75) is 26.1 Å². The van der Waals surface area contributed by atoms with Crippen molar-refractivity contribution in [2.24, 2.45) is 4.99 Å². The molecule has 0 saturated carbocycles. The SMILES string of the molecule is CCNC(=NCc1nccn1Cc1ccccc1)NCC(O)c1cc2ccccc2s1. The number of benzene rings is 2. The van der Waals surface area contributed by atoms with Crippen LogP contribution in [0.1, 0.15) is 29.3 Å². The molecule has 0 saturated heterocycles. The van der Waals surface area contributed by atoms with E-state index in [-0.39, 0.29) is 0 Å². The van der Waals surface area contributed by atoms with Gasteiger partial charge in [0.1, 0.15) is 18.5 Å². The topological polar surface area (TPSA) is 74.5 Å². The number of fused-ring (bicyclic) bond motifs is 1. The summed E-state index contributed by atoms with van der Waals surface area (Å²) in [6.45, 7) is 4.37. The van der Waals surface area contributed by atoms with Crippen LogP contribution in [0.25, 0.3) is 10.1 Å². The summed E-state index contributed by atoms with van der Waals surface area (Å²) >= 11 is 1.62. The fraction of sp³-hybridized carbons (Fsp3) is 0.250. The number of nitrogens with zero attached hydrogens (tertiary/aromatic N) is 3. The lowest BCUT2D eigenvalue weighted by molar-refractivity contribution is 0.184. The minimum absolute atomic E-state index is 0.386. The number of aromatic nitrogens is 2. The number of nitrogens with one attached hydrogen (secondary N) is 2. The van der Waals surface area contributed by atoms with Gasteiger partial charge in [-0.25, -0.2) is 9.98 Å². The molecule has 1 atom stereocenters. The maximum Gasteiger partial charge on any atom is 0.191 e. The maximum atomic E-state index is 10.6. The van der Waals surface area contributed by atoms with Gasteiger partial charge in [-0.15, -0.1) is 11.3 Å². The van der Waals surface area contributed by atoms with Crippen LogP contribution < -0.4 is 10.6 Å². The van der Waals surface area contributed by atoms with Gasteiger partial charge < -0.3 is 20.3 Å². The number of thiophene rings is 1. The second-order valence-corrected chi connectivity index (χ2v) is 8.35. The number of aliphatic imine (C=N–C) groups is 1. The number of guanidine groups is 1. The first-order valence-electron chi connectivity index (χ1n) is 10.5. The van der Waals surface area contributed by atoms with Gasteiger partial charge in [0.05, 0.1) is 0 Å². The Kier molecular flexibility index (Phi) is 6.96. The van der Waals surface area contributed by atoms with Gasteiger partial charge in [-0.2, -0.15) is 0 Å². The van der Waals surface area contributed by atoms with Gasteiger partial charge in [0.15, 0.2) is 5.96 Å². The lowest BCUT2D eigenvalue weighted by atomic mass is 10.2. The fourth-order valence-corrected chi connectivity index (χ4v) is 4.42. The first kappa shape index (κ1) is 21.1. The molecule has 160 valence electrons. The molecule has 4 rings (SSSR count). The molecule has 0 aliphatic carbocycles. The van der Waals surface area contributed by atoms with Crippen LogP contribution in [-0.4, -0.2) is 33.7 Å². The highest BCUT2D eigenvalue weighted by molar-refractivity contribution is 7.19. The Hall–Kier alpha value is -3.16. The van der Waals surface area contributed by atoms with Crippen molar-refractivity contribution < 1.29 is 5.11 Å². The lowest BCUT2D eigenvalue weighted by Gasteiger charge is -2.14. The summed E-state index contributed by atoms with van der Waals surface area (Å²) in [4.78, 5) is 10.1. The fourth-order valence-electron chi connectivity index (χ4n) is 3.37. The van der Waals surface area contributed by atoms with E-state index < -0.39 is 6.10 Å². The Labute approximate surface area is 186 Å². The van der Waals surface area contributed by atoms with Crippen molar-refractivity contribution >= 4 is 27.4 Å². The highest BCUT2D eigenvalue weighted by atomic mass is 32.1. The van der Waals surface area contributed by atoms with Gasteiger partial charge in [0, 0.05) is 41.6 Å². The molecule has 2 aromatic carbocycles. The molecule has 1 unspecified atom stereocenters. The van der Waals surface area contributed by atoms with Crippen LogP contribution in [0.15, 0.2) is 78.0 Å². The number of aliphatic hydroxyl groups excluding tert-OH is 1. The molecular formula is C24H27N5OS. The van der Waals surface area contributed by atoms with Crippen LogP contribution in [0.3, 0.4) is 0 Å². The molecule has 2 heterocycles. The van der Waals surface area contributed by atoms with E-state index in [9.17, 15) is 5.11 Å². The number of hydrogen-bond donors (Lipinski definition) is 3. The predicted molar refractivity (Wildman–Crippen MR) is 127 cm³/mol. The Bertz CT molecular complexity index is 1100. The van der Waals surface area contributed by atoms with Crippen LogP contribution in [0.2, 0.25) is 0 Å². The first-order valence-corrected chi connectivity index (χ1v) is 11.3. The molecule has 2 aromatic heterocycles. The summed E-state index contributed by atoms with van der Waals surface area (Å²) in [7, 11) is 0. The minimum atomic E-state index is -0.596. The summed E-state index contributed by atoms with van der Waals surface area (Å²) in [5, 5.41) is 18.3. The van der Waals surface area contributed by atoms with E-state index in [1.165, 1.54) is 10.3 Å². The smallest absolute Gasteiger partial charge is 0.191 e. The third kappa shape index (κ3) is 5.51. The van der Waals surface area contributed by atoms with Crippen LogP contribution in [0, 0.1) is 0 Å². The highest BCUT2D eigenvalue weighted by Gasteiger charge is 2.12. The van der Waals surface area contributed by atoms with Gasteiger partial charge >= 0.3 is 0 Å². The van der Waals surface area contributed by atoms with E-state index in [1.54, 1.807) is 17.5 Å². The van der Waals surface area contributed by atoms with E-state index in [1.807, 2.05) is 43.5 Å². The molecule has 0 spiro atoms. The quantitative estimate of drug-likeness (QED) is 0.291. The summed E-state index contributed by atoms with van der Waals surface area (Å²) in [5.41, 5.74) is 1.22. The Balaban J connectivity index is 1.39. The number of imidazole rings is 1. The second kappa shape index (κ2) is 10.2. The molecule has 0 aliphatic rings. The van der Waals surface area contributed by atoms with Crippen LogP contribution in [-0.2, 0) is 13.1 Å². The Morgan fingerprint density at radius 1 is 1.13 bits per heavy atom. The van der Waals surface area contributed by atoms with Crippen LogP contribution in [0.5, 0.6) is 0 Å². The molecule has 0 radical (unpaired) electrons. The monoisotopic (exact) mass is 433 g/mol. The average Bonchev–Trinajstić information content (AvgIpc) is 3.43. The molecule has 0 aliphatic heterocycles. The van der Waals surface area contributed by atoms with Gasteiger partial charge in [-0.05, 0) is 30.0 Å². The summed E-state index contributed by atoms with van der Waals surface area (Å²) in [6.07, 6.45) is 3.18. The second-order valence-electron chi connectivity index (χ2n) is 7.24. The number of hydrogen-bond acceptors (Lipinski definition) is 4. The Morgan fingerprint density at radius 3 is 2.74 bits per heavy atom. The Morgan fingerprint density at radius 2 is 1.94 bits per heavy atom. The highest BCUT2D eigenvalue weighted by Crippen LogP contribution is 2.29. The number of rotatable bonds is 8. The van der Waals surface area contributed by atoms with Crippen molar-refractivity contribution in [3.05, 3.63) is 89.3 Å². The van der Waals surface area contributed by atoms with Crippen LogP contribution >= 0.6 is 11.3 Å². The standard InChI is InChI=1S/C24H27N5OS/c1-2-25-24(27-15-20(30)22-14-19-10-6-7-11-21(19)31-22)28-16-23-26-12-13-29(23)17-18-8-4-3-5-9-18/h3-14,20,30H,2,15-17H2,1H3,(H2,25,27,28). The third-order valence-corrected chi connectivity index (χ3v) is 6.17.